The maximum absolute atomic E-state index is 12.6. The third kappa shape index (κ3) is 2.63. The van der Waals surface area contributed by atoms with E-state index in [-0.39, 0.29) is 11.4 Å². The predicted octanol–water partition coefficient (Wildman–Crippen LogP) is 1.11. The number of hydrogen-bond donors (Lipinski definition) is 1. The lowest BCUT2D eigenvalue weighted by atomic mass is 10.0. The highest BCUT2D eigenvalue weighted by atomic mass is 32.2. The SMILES string of the molecule is O=C(O)[C@H]1CCCN(S(=O)(=O)c2ccc3c(c2)CCO3)C1. The maximum Gasteiger partial charge on any atom is 0.307 e. The van der Waals surface area contributed by atoms with E-state index in [2.05, 4.69) is 0 Å². The molecular weight excluding hydrogens is 294 g/mol. The van der Waals surface area contributed by atoms with Crippen LogP contribution in [0.15, 0.2) is 23.1 Å². The summed E-state index contributed by atoms with van der Waals surface area (Å²) < 4.78 is 32.0. The first kappa shape index (κ1) is 14.3. The summed E-state index contributed by atoms with van der Waals surface area (Å²) in [5.41, 5.74) is 0.892. The molecule has 0 amide bonds. The molecule has 1 fully saturated rings. The van der Waals surface area contributed by atoms with Crippen molar-refractivity contribution in [2.45, 2.75) is 24.2 Å². The first-order valence-electron chi connectivity index (χ1n) is 6.97. The number of carbonyl (C=O) groups is 1. The number of hydrogen-bond acceptors (Lipinski definition) is 4. The van der Waals surface area contributed by atoms with Gasteiger partial charge in [-0.25, -0.2) is 8.42 Å². The molecule has 1 aromatic carbocycles. The van der Waals surface area contributed by atoms with Crippen molar-refractivity contribution in [3.63, 3.8) is 0 Å². The Hall–Kier alpha value is -1.60. The van der Waals surface area contributed by atoms with Gasteiger partial charge in [-0.2, -0.15) is 4.31 Å². The minimum Gasteiger partial charge on any atom is -0.493 e. The summed E-state index contributed by atoms with van der Waals surface area (Å²) in [5.74, 6) is -0.820. The van der Waals surface area contributed by atoms with E-state index in [0.717, 1.165) is 11.3 Å². The summed E-state index contributed by atoms with van der Waals surface area (Å²) in [6.07, 6.45) is 1.81. The summed E-state index contributed by atoms with van der Waals surface area (Å²) >= 11 is 0. The number of ether oxygens (including phenoxy) is 1. The molecule has 114 valence electrons. The van der Waals surface area contributed by atoms with Crippen LogP contribution in [0.3, 0.4) is 0 Å². The summed E-state index contributed by atoms with van der Waals surface area (Å²) in [7, 11) is -3.64. The van der Waals surface area contributed by atoms with Crippen LogP contribution in [0.25, 0.3) is 0 Å². The Bertz CT molecular complexity index is 670. The van der Waals surface area contributed by atoms with Gasteiger partial charge < -0.3 is 9.84 Å². The van der Waals surface area contributed by atoms with Crippen molar-refractivity contribution < 1.29 is 23.1 Å². The third-order valence-electron chi connectivity index (χ3n) is 4.03. The van der Waals surface area contributed by atoms with Gasteiger partial charge in [0, 0.05) is 19.5 Å². The summed E-state index contributed by atoms with van der Waals surface area (Å²) in [5, 5.41) is 9.08. The fraction of sp³-hybridized carbons (Fsp3) is 0.500. The number of fused-ring (bicyclic) bond motifs is 1. The number of aliphatic carboxylic acids is 1. The van der Waals surface area contributed by atoms with Gasteiger partial charge in [0.1, 0.15) is 5.75 Å². The van der Waals surface area contributed by atoms with Crippen molar-refractivity contribution in [1.82, 2.24) is 4.31 Å². The number of carboxylic acids is 1. The van der Waals surface area contributed by atoms with Crippen LogP contribution < -0.4 is 4.74 Å². The van der Waals surface area contributed by atoms with Gasteiger partial charge >= 0.3 is 5.97 Å². The molecule has 2 aliphatic rings. The van der Waals surface area contributed by atoms with Crippen molar-refractivity contribution in [3.05, 3.63) is 23.8 Å². The molecule has 2 aliphatic heterocycles. The fourth-order valence-corrected chi connectivity index (χ4v) is 4.41. The van der Waals surface area contributed by atoms with E-state index in [4.69, 9.17) is 9.84 Å². The second kappa shape index (κ2) is 5.31. The lowest BCUT2D eigenvalue weighted by Gasteiger charge is -2.29. The summed E-state index contributed by atoms with van der Waals surface area (Å²) in [4.78, 5) is 11.3. The first-order chi connectivity index (χ1) is 9.98. The van der Waals surface area contributed by atoms with Crippen molar-refractivity contribution in [2.24, 2.45) is 5.92 Å². The Morgan fingerprint density at radius 2 is 2.19 bits per heavy atom. The Morgan fingerprint density at radius 1 is 1.38 bits per heavy atom. The zero-order chi connectivity index (χ0) is 15.0. The molecule has 0 radical (unpaired) electrons. The minimum absolute atomic E-state index is 0.0469. The van der Waals surface area contributed by atoms with Crippen LogP contribution in [0.2, 0.25) is 0 Å². The van der Waals surface area contributed by atoms with E-state index in [0.29, 0.717) is 32.4 Å². The van der Waals surface area contributed by atoms with Crippen LogP contribution in [0.5, 0.6) is 5.75 Å². The second-order valence-corrected chi connectivity index (χ2v) is 7.35. The molecular formula is C14H17NO5S. The van der Waals surface area contributed by atoms with E-state index in [1.807, 2.05) is 0 Å². The van der Waals surface area contributed by atoms with Gasteiger partial charge in [0.15, 0.2) is 0 Å². The Labute approximate surface area is 123 Å². The highest BCUT2D eigenvalue weighted by Crippen LogP contribution is 2.30. The van der Waals surface area contributed by atoms with Crippen molar-refractivity contribution in [1.29, 1.82) is 0 Å². The number of carboxylic acid groups (broad SMARTS) is 1. The van der Waals surface area contributed by atoms with Gasteiger partial charge in [-0.3, -0.25) is 4.79 Å². The average molecular weight is 311 g/mol. The van der Waals surface area contributed by atoms with Crippen molar-refractivity contribution in [3.8, 4) is 5.75 Å². The van der Waals surface area contributed by atoms with Crippen LogP contribution in [-0.2, 0) is 21.2 Å². The van der Waals surface area contributed by atoms with E-state index in [1.165, 1.54) is 10.4 Å². The maximum atomic E-state index is 12.6. The largest absolute Gasteiger partial charge is 0.493 e. The fourth-order valence-electron chi connectivity index (χ4n) is 2.83. The molecule has 1 atom stereocenters. The van der Waals surface area contributed by atoms with E-state index in [9.17, 15) is 13.2 Å². The molecule has 0 unspecified atom stereocenters. The summed E-state index contributed by atoms with van der Waals surface area (Å²) in [6.45, 7) is 0.995. The topological polar surface area (TPSA) is 83.9 Å². The normalized spacial score (nSPS) is 22.6. The van der Waals surface area contributed by atoms with Crippen LogP contribution in [0.4, 0.5) is 0 Å². The number of rotatable bonds is 3. The molecule has 0 spiro atoms. The molecule has 1 saturated heterocycles. The number of piperidine rings is 1. The molecule has 1 N–H and O–H groups in total. The van der Waals surface area contributed by atoms with Gasteiger partial charge in [0.05, 0.1) is 17.4 Å². The molecule has 3 rings (SSSR count). The summed E-state index contributed by atoms with van der Waals surface area (Å²) in [6, 6.07) is 4.85. The second-order valence-electron chi connectivity index (χ2n) is 5.41. The molecule has 2 heterocycles. The average Bonchev–Trinajstić information content (AvgIpc) is 2.94. The quantitative estimate of drug-likeness (QED) is 0.904. The molecule has 0 aliphatic carbocycles. The van der Waals surface area contributed by atoms with Gasteiger partial charge in [-0.05, 0) is 36.6 Å². The van der Waals surface area contributed by atoms with E-state index < -0.39 is 21.9 Å². The Morgan fingerprint density at radius 3 is 2.95 bits per heavy atom. The number of sulfonamides is 1. The predicted molar refractivity (Wildman–Crippen MR) is 74.8 cm³/mol. The van der Waals surface area contributed by atoms with Crippen LogP contribution >= 0.6 is 0 Å². The smallest absolute Gasteiger partial charge is 0.307 e. The lowest BCUT2D eigenvalue weighted by Crippen LogP contribution is -2.42. The van der Waals surface area contributed by atoms with Crippen molar-refractivity contribution >= 4 is 16.0 Å². The van der Waals surface area contributed by atoms with Gasteiger partial charge in [-0.1, -0.05) is 0 Å². The van der Waals surface area contributed by atoms with Gasteiger partial charge in [-0.15, -0.1) is 0 Å². The molecule has 7 heteroatoms. The third-order valence-corrected chi connectivity index (χ3v) is 5.89. The first-order valence-corrected chi connectivity index (χ1v) is 8.41. The Kier molecular flexibility index (Phi) is 3.62. The molecule has 0 aromatic heterocycles. The van der Waals surface area contributed by atoms with Crippen LogP contribution in [0, 0.1) is 5.92 Å². The lowest BCUT2D eigenvalue weighted by molar-refractivity contribution is -0.142. The van der Waals surface area contributed by atoms with E-state index >= 15 is 0 Å². The zero-order valence-electron chi connectivity index (χ0n) is 11.5. The molecule has 0 saturated carbocycles. The number of nitrogens with zero attached hydrogens (tertiary/aromatic N) is 1. The van der Waals surface area contributed by atoms with Gasteiger partial charge in [0.2, 0.25) is 10.0 Å². The molecule has 21 heavy (non-hydrogen) atoms. The highest BCUT2D eigenvalue weighted by Gasteiger charge is 2.33. The Balaban J connectivity index is 1.88. The monoisotopic (exact) mass is 311 g/mol. The number of benzene rings is 1. The van der Waals surface area contributed by atoms with Gasteiger partial charge in [0.25, 0.3) is 0 Å². The zero-order valence-corrected chi connectivity index (χ0v) is 12.3. The standard InChI is InChI=1S/C14H17NO5S/c16-14(17)11-2-1-6-15(9-11)21(18,19)12-3-4-13-10(8-12)5-7-20-13/h3-4,8,11H,1-2,5-7,9H2,(H,16,17)/t11-/m0/s1. The highest BCUT2D eigenvalue weighted by molar-refractivity contribution is 7.89. The molecule has 1 aromatic rings. The van der Waals surface area contributed by atoms with E-state index in [1.54, 1.807) is 12.1 Å². The van der Waals surface area contributed by atoms with Crippen LogP contribution in [0.1, 0.15) is 18.4 Å². The molecule has 6 nitrogen and oxygen atoms in total. The van der Waals surface area contributed by atoms with Crippen molar-refractivity contribution in [2.75, 3.05) is 19.7 Å². The van der Waals surface area contributed by atoms with Crippen LogP contribution in [-0.4, -0.2) is 43.5 Å². The minimum atomic E-state index is -3.64. The molecule has 0 bridgehead atoms.